The van der Waals surface area contributed by atoms with Crippen LogP contribution >= 0.6 is 0 Å². The predicted molar refractivity (Wildman–Crippen MR) is 128 cm³/mol. The highest BCUT2D eigenvalue weighted by atomic mass is 16.5. The number of fused-ring (bicyclic) bond motifs is 3. The Bertz CT molecular complexity index is 1490. The number of rotatable bonds is 4. The van der Waals surface area contributed by atoms with Crippen molar-refractivity contribution in [2.75, 3.05) is 6.54 Å². The van der Waals surface area contributed by atoms with Gasteiger partial charge in [0.05, 0.1) is 22.7 Å². The van der Waals surface area contributed by atoms with Crippen LogP contribution in [-0.2, 0) is 0 Å². The number of hydrogen-bond donors (Lipinski definition) is 1. The van der Waals surface area contributed by atoms with Crippen LogP contribution in [0, 0.1) is 31.1 Å². The second kappa shape index (κ2) is 8.75. The van der Waals surface area contributed by atoms with Gasteiger partial charge in [0.25, 0.3) is 11.5 Å². The van der Waals surface area contributed by atoms with E-state index in [9.17, 15) is 14.9 Å². The van der Waals surface area contributed by atoms with Crippen LogP contribution in [0.5, 0.6) is 0 Å². The van der Waals surface area contributed by atoms with Crippen LogP contribution in [0.1, 0.15) is 59.1 Å². The highest BCUT2D eigenvalue weighted by molar-refractivity contribution is 6.06. The van der Waals surface area contributed by atoms with Crippen molar-refractivity contribution in [3.8, 4) is 6.07 Å². The first-order chi connectivity index (χ1) is 16.5. The van der Waals surface area contributed by atoms with Crippen molar-refractivity contribution >= 4 is 27.7 Å². The number of pyridine rings is 2. The highest BCUT2D eigenvalue weighted by Crippen LogP contribution is 2.35. The molecule has 2 unspecified atom stereocenters. The molecule has 8 nitrogen and oxygen atoms in total. The van der Waals surface area contributed by atoms with E-state index in [1.165, 1.54) is 0 Å². The largest absolute Gasteiger partial charge is 0.360 e. The topological polar surface area (TPSA) is 114 Å². The zero-order chi connectivity index (χ0) is 23.8. The summed E-state index contributed by atoms with van der Waals surface area (Å²) in [5.41, 5.74) is 2.87. The molecule has 5 rings (SSSR count). The van der Waals surface area contributed by atoms with Crippen molar-refractivity contribution in [2.24, 2.45) is 5.92 Å². The molecule has 0 spiro atoms. The summed E-state index contributed by atoms with van der Waals surface area (Å²) in [5.74, 6) is 0.550. The molecule has 1 aromatic carbocycles. The Kier molecular flexibility index (Phi) is 5.62. The molecule has 2 atom stereocenters. The summed E-state index contributed by atoms with van der Waals surface area (Å²) in [6.45, 7) is 4.14. The fourth-order valence-electron chi connectivity index (χ4n) is 5.09. The zero-order valence-electron chi connectivity index (χ0n) is 19.2. The number of benzene rings is 1. The van der Waals surface area contributed by atoms with Gasteiger partial charge in [0.2, 0.25) is 0 Å². The molecule has 1 N–H and O–H groups in total. The summed E-state index contributed by atoms with van der Waals surface area (Å²) in [6.07, 6.45) is 5.13. The lowest BCUT2D eigenvalue weighted by Crippen LogP contribution is -2.34. The Morgan fingerprint density at radius 2 is 2.09 bits per heavy atom. The Hall–Kier alpha value is -3.99. The Morgan fingerprint density at radius 1 is 1.24 bits per heavy atom. The molecule has 3 heterocycles. The lowest BCUT2D eigenvalue weighted by molar-refractivity contribution is 0.0940. The number of hydrogen-bond acceptors (Lipinski definition) is 6. The van der Waals surface area contributed by atoms with E-state index in [1.54, 1.807) is 31.3 Å². The van der Waals surface area contributed by atoms with Crippen LogP contribution in [0.15, 0.2) is 45.8 Å². The maximum absolute atomic E-state index is 13.6. The zero-order valence-corrected chi connectivity index (χ0v) is 19.2. The van der Waals surface area contributed by atoms with Crippen molar-refractivity contribution in [3.05, 3.63) is 69.5 Å². The molecule has 1 saturated carbocycles. The molecule has 1 fully saturated rings. The first kappa shape index (κ1) is 21.8. The standard InChI is InChI=1S/C26H25N5O3/c1-15-9-10-19(14-28-15)25(32)29-13-17-5-3-7-20(11-17)31-21-8-4-6-18(12-27)23(21)24-22(26(31)33)16(2)34-30-24/h4,6,8-10,14,17,20H,3,5,7,11,13H2,1-2H3,(H,29,32). The summed E-state index contributed by atoms with van der Waals surface area (Å²) >= 11 is 0. The molecule has 0 aliphatic heterocycles. The van der Waals surface area contributed by atoms with Gasteiger partial charge < -0.3 is 14.4 Å². The summed E-state index contributed by atoms with van der Waals surface area (Å²) in [7, 11) is 0. The van der Waals surface area contributed by atoms with Gasteiger partial charge in [0.1, 0.15) is 16.7 Å². The second-order valence-electron chi connectivity index (χ2n) is 9.03. The third kappa shape index (κ3) is 3.73. The minimum Gasteiger partial charge on any atom is -0.360 e. The molecule has 0 saturated heterocycles. The molecular formula is C26H25N5O3. The lowest BCUT2D eigenvalue weighted by atomic mass is 9.85. The van der Waals surface area contributed by atoms with E-state index in [-0.39, 0.29) is 23.4 Å². The fourth-order valence-corrected chi connectivity index (χ4v) is 5.09. The van der Waals surface area contributed by atoms with Gasteiger partial charge in [-0.1, -0.05) is 17.6 Å². The van der Waals surface area contributed by atoms with Crippen molar-refractivity contribution in [1.29, 1.82) is 5.26 Å². The predicted octanol–water partition coefficient (Wildman–Crippen LogP) is 4.19. The van der Waals surface area contributed by atoms with Crippen LogP contribution in [0.3, 0.4) is 0 Å². The van der Waals surface area contributed by atoms with E-state index in [2.05, 4.69) is 21.5 Å². The molecule has 0 radical (unpaired) electrons. The Morgan fingerprint density at radius 3 is 2.85 bits per heavy atom. The van der Waals surface area contributed by atoms with Gasteiger partial charge in [0, 0.05) is 29.9 Å². The summed E-state index contributed by atoms with van der Waals surface area (Å²) < 4.78 is 7.18. The molecule has 1 aliphatic rings. The molecule has 8 heteroatoms. The van der Waals surface area contributed by atoms with Crippen LogP contribution in [0.25, 0.3) is 21.8 Å². The van der Waals surface area contributed by atoms with Crippen LogP contribution < -0.4 is 10.9 Å². The number of amides is 1. The van der Waals surface area contributed by atoms with E-state index in [4.69, 9.17) is 4.52 Å². The monoisotopic (exact) mass is 455 g/mol. The third-order valence-electron chi connectivity index (χ3n) is 6.80. The third-order valence-corrected chi connectivity index (χ3v) is 6.80. The van der Waals surface area contributed by atoms with E-state index < -0.39 is 0 Å². The first-order valence-electron chi connectivity index (χ1n) is 11.5. The number of nitrogens with zero attached hydrogens (tertiary/aromatic N) is 4. The van der Waals surface area contributed by atoms with Gasteiger partial charge in [0.15, 0.2) is 0 Å². The average Bonchev–Trinajstić information content (AvgIpc) is 3.24. The molecular weight excluding hydrogens is 430 g/mol. The van der Waals surface area contributed by atoms with Crippen LogP contribution in [-0.4, -0.2) is 27.2 Å². The highest BCUT2D eigenvalue weighted by Gasteiger charge is 2.28. The average molecular weight is 456 g/mol. The molecule has 3 aromatic heterocycles. The van der Waals surface area contributed by atoms with Crippen molar-refractivity contribution in [2.45, 2.75) is 45.6 Å². The van der Waals surface area contributed by atoms with Gasteiger partial charge in [-0.2, -0.15) is 5.26 Å². The van der Waals surface area contributed by atoms with Crippen molar-refractivity contribution < 1.29 is 9.32 Å². The molecule has 1 aliphatic carbocycles. The van der Waals surface area contributed by atoms with E-state index in [0.717, 1.165) is 31.4 Å². The van der Waals surface area contributed by atoms with Gasteiger partial charge in [-0.25, -0.2) is 0 Å². The number of nitriles is 1. The molecule has 34 heavy (non-hydrogen) atoms. The minimum absolute atomic E-state index is 0.0423. The maximum atomic E-state index is 13.6. The van der Waals surface area contributed by atoms with Gasteiger partial charge >= 0.3 is 0 Å². The fraction of sp³-hybridized carbons (Fsp3) is 0.346. The molecule has 0 bridgehead atoms. The number of carbonyl (C=O) groups excluding carboxylic acids is 1. The van der Waals surface area contributed by atoms with E-state index in [1.807, 2.05) is 23.6 Å². The summed E-state index contributed by atoms with van der Waals surface area (Å²) in [6, 6.07) is 11.2. The van der Waals surface area contributed by atoms with Gasteiger partial charge in [-0.05, 0) is 63.3 Å². The van der Waals surface area contributed by atoms with E-state index >= 15 is 0 Å². The molecule has 1 amide bonds. The summed E-state index contributed by atoms with van der Waals surface area (Å²) in [5, 5.41) is 17.9. The number of aryl methyl sites for hydroxylation is 2. The van der Waals surface area contributed by atoms with Crippen molar-refractivity contribution in [1.82, 2.24) is 20.0 Å². The number of nitrogens with one attached hydrogen (secondary N) is 1. The minimum atomic E-state index is -0.142. The Labute approximate surface area is 196 Å². The molecule has 172 valence electrons. The van der Waals surface area contributed by atoms with E-state index in [0.29, 0.717) is 45.2 Å². The number of carbonyl (C=O) groups is 1. The second-order valence-corrected chi connectivity index (χ2v) is 9.03. The van der Waals surface area contributed by atoms with Crippen LogP contribution in [0.2, 0.25) is 0 Å². The normalized spacial score (nSPS) is 18.1. The first-order valence-corrected chi connectivity index (χ1v) is 11.5. The SMILES string of the molecule is Cc1ccc(C(=O)NCC2CCCC(n3c(=O)c4c(C)onc4c4c(C#N)cccc43)C2)cn1. The Balaban J connectivity index is 1.46. The summed E-state index contributed by atoms with van der Waals surface area (Å²) in [4.78, 5) is 30.4. The van der Waals surface area contributed by atoms with Gasteiger partial charge in [-0.3, -0.25) is 14.6 Å². The quantitative estimate of drug-likeness (QED) is 0.494. The van der Waals surface area contributed by atoms with Crippen molar-refractivity contribution in [3.63, 3.8) is 0 Å². The maximum Gasteiger partial charge on any atom is 0.264 e. The lowest BCUT2D eigenvalue weighted by Gasteiger charge is -2.31. The molecule has 4 aromatic rings. The smallest absolute Gasteiger partial charge is 0.264 e. The van der Waals surface area contributed by atoms with Gasteiger partial charge in [-0.15, -0.1) is 0 Å². The van der Waals surface area contributed by atoms with Crippen LogP contribution in [0.4, 0.5) is 0 Å². The number of aromatic nitrogens is 3.